The molecule has 3 atom stereocenters. The fourth-order valence-corrected chi connectivity index (χ4v) is 4.18. The van der Waals surface area contributed by atoms with Gasteiger partial charge in [0.2, 0.25) is 0 Å². The highest BCUT2D eigenvalue weighted by atomic mass is 32.1. The molecule has 3 unspecified atom stereocenters. The number of nitrogens with zero attached hydrogens (tertiary/aromatic N) is 2. The van der Waals surface area contributed by atoms with Gasteiger partial charge >= 0.3 is 0 Å². The molecule has 1 N–H and O–H groups in total. The van der Waals surface area contributed by atoms with E-state index in [1.54, 1.807) is 0 Å². The molecular formula is C17H25N3S. The monoisotopic (exact) mass is 303 g/mol. The fraction of sp³-hybridized carbons (Fsp3) is 0.588. The van der Waals surface area contributed by atoms with Crippen molar-refractivity contribution in [3.63, 3.8) is 0 Å². The highest BCUT2D eigenvalue weighted by Gasteiger charge is 2.28. The number of thiazole rings is 1. The van der Waals surface area contributed by atoms with Crippen molar-refractivity contribution in [2.24, 2.45) is 5.92 Å². The minimum Gasteiger partial charge on any atom is -0.313 e. The van der Waals surface area contributed by atoms with E-state index < -0.39 is 0 Å². The third-order valence-corrected chi connectivity index (χ3v) is 5.79. The van der Waals surface area contributed by atoms with Crippen LogP contribution in [0.15, 0.2) is 24.3 Å². The van der Waals surface area contributed by atoms with Crippen LogP contribution in [-0.4, -0.2) is 42.1 Å². The molecule has 0 saturated carbocycles. The number of aromatic nitrogens is 1. The van der Waals surface area contributed by atoms with Crippen molar-refractivity contribution in [2.45, 2.75) is 38.8 Å². The Morgan fingerprint density at radius 2 is 2.14 bits per heavy atom. The maximum absolute atomic E-state index is 4.71. The first kappa shape index (κ1) is 14.9. The molecule has 0 radical (unpaired) electrons. The summed E-state index contributed by atoms with van der Waals surface area (Å²) in [7, 11) is 2.23. The zero-order valence-electron chi connectivity index (χ0n) is 13.2. The average molecular weight is 303 g/mol. The lowest BCUT2D eigenvalue weighted by molar-refractivity contribution is 0.122. The average Bonchev–Trinajstić information content (AvgIpc) is 2.87. The summed E-state index contributed by atoms with van der Waals surface area (Å²) >= 11 is 1.83. The van der Waals surface area contributed by atoms with Crippen LogP contribution in [0.2, 0.25) is 0 Å². The Bertz CT molecular complexity index is 561. The molecule has 114 valence electrons. The summed E-state index contributed by atoms with van der Waals surface area (Å²) < 4.78 is 1.30. The quantitative estimate of drug-likeness (QED) is 0.940. The summed E-state index contributed by atoms with van der Waals surface area (Å²) in [5.74, 6) is 0.724. The minimum atomic E-state index is 0.644. The summed E-state index contributed by atoms with van der Waals surface area (Å²) in [5, 5.41) is 5.00. The van der Waals surface area contributed by atoms with Gasteiger partial charge in [-0.05, 0) is 38.4 Å². The topological polar surface area (TPSA) is 28.2 Å². The van der Waals surface area contributed by atoms with Crippen LogP contribution < -0.4 is 5.32 Å². The molecule has 1 aliphatic heterocycles. The first-order valence-corrected chi connectivity index (χ1v) is 8.73. The van der Waals surface area contributed by atoms with Crippen LogP contribution in [0.1, 0.15) is 25.3 Å². The van der Waals surface area contributed by atoms with E-state index in [9.17, 15) is 0 Å². The van der Waals surface area contributed by atoms with Gasteiger partial charge in [0.05, 0.1) is 15.2 Å². The molecule has 1 saturated heterocycles. The van der Waals surface area contributed by atoms with Crippen molar-refractivity contribution < 1.29 is 0 Å². The molecule has 1 fully saturated rings. The number of rotatable bonds is 4. The lowest BCUT2D eigenvalue weighted by atomic mass is 9.90. The van der Waals surface area contributed by atoms with Gasteiger partial charge in [-0.3, -0.25) is 0 Å². The second kappa shape index (κ2) is 6.42. The molecule has 0 amide bonds. The maximum atomic E-state index is 4.71. The molecule has 0 bridgehead atoms. The van der Waals surface area contributed by atoms with Gasteiger partial charge < -0.3 is 10.2 Å². The normalized spacial score (nSPS) is 27.3. The second-order valence-corrected chi connectivity index (χ2v) is 7.50. The first-order valence-electron chi connectivity index (χ1n) is 7.91. The van der Waals surface area contributed by atoms with Gasteiger partial charge in [0.15, 0.2) is 0 Å². The number of benzene rings is 1. The molecule has 4 heteroatoms. The lowest BCUT2D eigenvalue weighted by Crippen LogP contribution is -2.51. The van der Waals surface area contributed by atoms with Crippen LogP contribution >= 0.6 is 11.3 Å². The van der Waals surface area contributed by atoms with Gasteiger partial charge in [-0.15, -0.1) is 11.3 Å². The van der Waals surface area contributed by atoms with E-state index in [0.717, 1.165) is 24.4 Å². The summed E-state index contributed by atoms with van der Waals surface area (Å²) in [6.45, 7) is 6.91. The smallest absolute Gasteiger partial charge is 0.0951 e. The van der Waals surface area contributed by atoms with Gasteiger partial charge in [-0.1, -0.05) is 19.1 Å². The molecule has 2 heterocycles. The van der Waals surface area contributed by atoms with Crippen molar-refractivity contribution in [3.05, 3.63) is 29.3 Å². The van der Waals surface area contributed by atoms with E-state index >= 15 is 0 Å². The molecule has 1 aromatic carbocycles. The van der Waals surface area contributed by atoms with E-state index in [4.69, 9.17) is 4.98 Å². The van der Waals surface area contributed by atoms with E-state index in [1.165, 1.54) is 22.7 Å². The van der Waals surface area contributed by atoms with Crippen molar-refractivity contribution in [1.82, 2.24) is 15.2 Å². The van der Waals surface area contributed by atoms with Crippen LogP contribution in [-0.2, 0) is 6.42 Å². The van der Waals surface area contributed by atoms with Gasteiger partial charge in [-0.2, -0.15) is 0 Å². The predicted octanol–water partition coefficient (Wildman–Crippen LogP) is 3.16. The summed E-state index contributed by atoms with van der Waals surface area (Å²) in [4.78, 5) is 7.18. The number of hydrogen-bond acceptors (Lipinski definition) is 4. The third kappa shape index (κ3) is 3.44. The second-order valence-electron chi connectivity index (χ2n) is 6.39. The SMILES string of the molecule is CC1CN(C)C(C)CC1NCCc1nc2ccccc2s1. The lowest BCUT2D eigenvalue weighted by Gasteiger charge is -2.40. The fourth-order valence-electron chi connectivity index (χ4n) is 3.22. The number of hydrogen-bond donors (Lipinski definition) is 1. The van der Waals surface area contributed by atoms with E-state index in [2.05, 4.69) is 55.4 Å². The van der Waals surface area contributed by atoms with Crippen LogP contribution in [0.25, 0.3) is 10.2 Å². The summed E-state index contributed by atoms with van der Waals surface area (Å²) in [6, 6.07) is 9.73. The standard InChI is InChI=1S/C17H25N3S/c1-12-11-20(3)13(2)10-15(12)18-9-8-17-19-14-6-4-5-7-16(14)21-17/h4-7,12-13,15,18H,8-11H2,1-3H3. The van der Waals surface area contributed by atoms with Crippen LogP contribution in [0.3, 0.4) is 0 Å². The molecule has 0 spiro atoms. The van der Waals surface area contributed by atoms with Gasteiger partial charge in [0.1, 0.15) is 0 Å². The molecule has 2 aromatic rings. The molecule has 1 aromatic heterocycles. The van der Waals surface area contributed by atoms with Crippen LogP contribution in [0.4, 0.5) is 0 Å². The number of nitrogens with one attached hydrogen (secondary N) is 1. The summed E-state index contributed by atoms with van der Waals surface area (Å²) in [6.07, 6.45) is 2.28. The molecule has 3 nitrogen and oxygen atoms in total. The summed E-state index contributed by atoms with van der Waals surface area (Å²) in [5.41, 5.74) is 1.14. The largest absolute Gasteiger partial charge is 0.313 e. The number of piperidine rings is 1. The Morgan fingerprint density at radius 1 is 1.33 bits per heavy atom. The van der Waals surface area contributed by atoms with Crippen LogP contribution in [0.5, 0.6) is 0 Å². The number of para-hydroxylation sites is 1. The Labute approximate surface area is 131 Å². The Hall–Kier alpha value is -0.970. The van der Waals surface area contributed by atoms with Crippen molar-refractivity contribution in [2.75, 3.05) is 20.1 Å². The zero-order chi connectivity index (χ0) is 14.8. The van der Waals surface area contributed by atoms with Crippen LogP contribution in [0, 0.1) is 5.92 Å². The molecule has 21 heavy (non-hydrogen) atoms. The molecule has 3 rings (SSSR count). The predicted molar refractivity (Wildman–Crippen MR) is 91.0 cm³/mol. The molecule has 1 aliphatic rings. The van der Waals surface area contributed by atoms with E-state index in [1.807, 2.05) is 11.3 Å². The number of likely N-dealkylation sites (tertiary alicyclic amines) is 1. The first-order chi connectivity index (χ1) is 10.1. The highest BCUT2D eigenvalue weighted by Crippen LogP contribution is 2.23. The van der Waals surface area contributed by atoms with E-state index in [-0.39, 0.29) is 0 Å². The Balaban J connectivity index is 1.53. The highest BCUT2D eigenvalue weighted by molar-refractivity contribution is 7.18. The van der Waals surface area contributed by atoms with Gasteiger partial charge in [-0.25, -0.2) is 4.98 Å². The Kier molecular flexibility index (Phi) is 4.57. The van der Waals surface area contributed by atoms with Crippen molar-refractivity contribution in [3.8, 4) is 0 Å². The molecule has 0 aliphatic carbocycles. The third-order valence-electron chi connectivity index (χ3n) is 4.69. The van der Waals surface area contributed by atoms with Gasteiger partial charge in [0, 0.05) is 31.6 Å². The maximum Gasteiger partial charge on any atom is 0.0951 e. The van der Waals surface area contributed by atoms with Crippen molar-refractivity contribution in [1.29, 1.82) is 0 Å². The van der Waals surface area contributed by atoms with E-state index in [0.29, 0.717) is 12.1 Å². The number of fused-ring (bicyclic) bond motifs is 1. The molecular weight excluding hydrogens is 278 g/mol. The van der Waals surface area contributed by atoms with Crippen molar-refractivity contribution >= 4 is 21.6 Å². The zero-order valence-corrected chi connectivity index (χ0v) is 14.0. The van der Waals surface area contributed by atoms with Gasteiger partial charge in [0.25, 0.3) is 0 Å². The minimum absolute atomic E-state index is 0.644. The Morgan fingerprint density at radius 3 is 2.95 bits per heavy atom.